The smallest absolute Gasteiger partial charge is 0.370 e. The van der Waals surface area contributed by atoms with Gasteiger partial charge in [0.05, 0.1) is 6.61 Å². The maximum atomic E-state index is 10.4. The van der Waals surface area contributed by atoms with Crippen LogP contribution in [0.25, 0.3) is 0 Å². The number of aliphatic carboxylic acids is 1. The average molecular weight is 190 g/mol. The molecule has 1 heterocycles. The predicted octanol–water partition coefficient (Wildman–Crippen LogP) is -1.93. The van der Waals surface area contributed by atoms with Crippen molar-refractivity contribution in [3.05, 3.63) is 11.8 Å². The van der Waals surface area contributed by atoms with Crippen LogP contribution in [0.5, 0.6) is 0 Å². The molecule has 0 aromatic rings. The van der Waals surface area contributed by atoms with Gasteiger partial charge >= 0.3 is 5.97 Å². The molecule has 0 aromatic heterocycles. The van der Waals surface area contributed by atoms with Crippen molar-refractivity contribution in [2.24, 2.45) is 0 Å². The second kappa shape index (κ2) is 3.73. The van der Waals surface area contributed by atoms with Crippen molar-refractivity contribution in [1.29, 1.82) is 0 Å². The number of ether oxygens (including phenoxy) is 1. The summed E-state index contributed by atoms with van der Waals surface area (Å²) in [6, 6.07) is 0. The zero-order valence-electron chi connectivity index (χ0n) is 6.62. The first kappa shape index (κ1) is 9.97. The van der Waals surface area contributed by atoms with Gasteiger partial charge in [0.1, 0.15) is 12.2 Å². The molecule has 1 aliphatic rings. The molecule has 6 nitrogen and oxygen atoms in total. The number of rotatable bonds is 2. The van der Waals surface area contributed by atoms with Crippen molar-refractivity contribution in [2.75, 3.05) is 6.61 Å². The molecular weight excluding hydrogens is 180 g/mol. The molecule has 4 N–H and O–H groups in total. The molecular formula is C7H10O6. The normalized spacial score (nSPS) is 33.5. The Balaban J connectivity index is 2.81. The lowest BCUT2D eigenvalue weighted by Gasteiger charge is -2.29. The quantitative estimate of drug-likeness (QED) is 0.404. The third kappa shape index (κ3) is 1.97. The minimum absolute atomic E-state index is 0.461. The number of carboxylic acid groups (broad SMARTS) is 1. The van der Waals surface area contributed by atoms with Crippen molar-refractivity contribution >= 4 is 5.97 Å². The number of aliphatic hydroxyl groups excluding tert-OH is 3. The Morgan fingerprint density at radius 3 is 2.62 bits per heavy atom. The Hall–Kier alpha value is -1.11. The van der Waals surface area contributed by atoms with Crippen LogP contribution in [0, 0.1) is 0 Å². The number of carbonyl (C=O) groups is 1. The van der Waals surface area contributed by atoms with E-state index >= 15 is 0 Å². The average Bonchev–Trinajstić information content (AvgIpc) is 2.09. The molecule has 0 saturated carbocycles. The highest BCUT2D eigenvalue weighted by Crippen LogP contribution is 2.17. The van der Waals surface area contributed by atoms with E-state index in [0.717, 1.165) is 6.08 Å². The lowest BCUT2D eigenvalue weighted by Crippen LogP contribution is -2.44. The lowest BCUT2D eigenvalue weighted by molar-refractivity contribution is -0.145. The molecule has 0 spiro atoms. The van der Waals surface area contributed by atoms with E-state index in [2.05, 4.69) is 4.74 Å². The number of carboxylic acids is 1. The SMILES string of the molecule is O=C(O)C1=C[C@@H](O)C(O)[C@H](CO)O1. The van der Waals surface area contributed by atoms with Gasteiger partial charge in [0, 0.05) is 0 Å². The fraction of sp³-hybridized carbons (Fsp3) is 0.571. The zero-order chi connectivity index (χ0) is 10.0. The first-order valence-electron chi connectivity index (χ1n) is 3.65. The van der Waals surface area contributed by atoms with Crippen molar-refractivity contribution in [3.8, 4) is 0 Å². The molecule has 0 aromatic carbocycles. The van der Waals surface area contributed by atoms with E-state index in [4.69, 9.17) is 20.4 Å². The van der Waals surface area contributed by atoms with E-state index < -0.39 is 36.6 Å². The first-order chi connectivity index (χ1) is 6.06. The van der Waals surface area contributed by atoms with E-state index in [1.165, 1.54) is 0 Å². The van der Waals surface area contributed by atoms with Gasteiger partial charge in [-0.05, 0) is 6.08 Å². The number of hydrogen-bond donors (Lipinski definition) is 4. The summed E-state index contributed by atoms with van der Waals surface area (Å²) in [5, 5.41) is 35.4. The van der Waals surface area contributed by atoms with Crippen molar-refractivity contribution in [1.82, 2.24) is 0 Å². The second-order valence-electron chi connectivity index (χ2n) is 2.66. The van der Waals surface area contributed by atoms with Crippen LogP contribution >= 0.6 is 0 Å². The summed E-state index contributed by atoms with van der Waals surface area (Å²) in [4.78, 5) is 10.4. The van der Waals surface area contributed by atoms with Crippen LogP contribution in [0.3, 0.4) is 0 Å². The van der Waals surface area contributed by atoms with Gasteiger partial charge in [-0.25, -0.2) is 4.79 Å². The van der Waals surface area contributed by atoms with Gasteiger partial charge in [0.2, 0.25) is 5.76 Å². The largest absolute Gasteiger partial charge is 0.478 e. The van der Waals surface area contributed by atoms with Gasteiger partial charge in [-0.1, -0.05) is 0 Å². The van der Waals surface area contributed by atoms with Gasteiger partial charge in [0.15, 0.2) is 6.10 Å². The van der Waals surface area contributed by atoms with E-state index in [1.54, 1.807) is 0 Å². The minimum Gasteiger partial charge on any atom is -0.478 e. The highest BCUT2D eigenvalue weighted by atomic mass is 16.5. The topological polar surface area (TPSA) is 107 Å². The molecule has 6 heteroatoms. The summed E-state index contributed by atoms with van der Waals surface area (Å²) in [7, 11) is 0. The molecule has 0 amide bonds. The van der Waals surface area contributed by atoms with Crippen LogP contribution in [-0.4, -0.2) is 51.3 Å². The number of hydrogen-bond acceptors (Lipinski definition) is 5. The summed E-state index contributed by atoms with van der Waals surface area (Å²) in [6.45, 7) is -0.553. The Morgan fingerprint density at radius 2 is 2.15 bits per heavy atom. The molecule has 1 aliphatic heterocycles. The molecule has 1 rings (SSSR count). The highest BCUT2D eigenvalue weighted by Gasteiger charge is 2.33. The Labute approximate surface area is 73.7 Å². The summed E-state index contributed by atoms with van der Waals surface area (Å²) >= 11 is 0. The van der Waals surface area contributed by atoms with E-state index in [9.17, 15) is 4.79 Å². The van der Waals surface area contributed by atoms with Crippen molar-refractivity contribution < 1.29 is 30.0 Å². The third-order valence-electron chi connectivity index (χ3n) is 1.72. The van der Waals surface area contributed by atoms with Gasteiger partial charge in [-0.2, -0.15) is 0 Å². The first-order valence-corrected chi connectivity index (χ1v) is 3.65. The van der Waals surface area contributed by atoms with Crippen LogP contribution in [0.15, 0.2) is 11.8 Å². The molecule has 0 aliphatic carbocycles. The van der Waals surface area contributed by atoms with Crippen LogP contribution < -0.4 is 0 Å². The summed E-state index contributed by atoms with van der Waals surface area (Å²) in [5.74, 6) is -1.80. The molecule has 0 bridgehead atoms. The molecule has 0 radical (unpaired) electrons. The van der Waals surface area contributed by atoms with Gasteiger partial charge in [-0.3, -0.25) is 0 Å². The van der Waals surface area contributed by atoms with E-state index in [1.807, 2.05) is 0 Å². The van der Waals surface area contributed by atoms with E-state index in [0.29, 0.717) is 0 Å². The minimum atomic E-state index is -1.34. The third-order valence-corrected chi connectivity index (χ3v) is 1.72. The Bertz CT molecular complexity index is 235. The van der Waals surface area contributed by atoms with Crippen molar-refractivity contribution in [3.63, 3.8) is 0 Å². The molecule has 3 atom stereocenters. The van der Waals surface area contributed by atoms with Crippen LogP contribution in [0.1, 0.15) is 0 Å². The number of aliphatic hydroxyl groups is 3. The van der Waals surface area contributed by atoms with Crippen molar-refractivity contribution in [2.45, 2.75) is 18.3 Å². The predicted molar refractivity (Wildman–Crippen MR) is 39.7 cm³/mol. The highest BCUT2D eigenvalue weighted by molar-refractivity contribution is 5.84. The zero-order valence-corrected chi connectivity index (χ0v) is 6.62. The van der Waals surface area contributed by atoms with Gasteiger partial charge in [0.25, 0.3) is 0 Å². The molecule has 0 saturated heterocycles. The standard InChI is InChI=1S/C7H10O6/c8-2-5-6(10)3(9)1-4(13-5)7(11)12/h1,3,5-6,8-10H,2H2,(H,11,12)/t3-,5+,6?/m1/s1. The Morgan fingerprint density at radius 1 is 1.54 bits per heavy atom. The summed E-state index contributed by atoms with van der Waals surface area (Å²) in [6.07, 6.45) is -2.82. The second-order valence-corrected chi connectivity index (χ2v) is 2.66. The maximum Gasteiger partial charge on any atom is 0.370 e. The van der Waals surface area contributed by atoms with Crippen LogP contribution in [0.4, 0.5) is 0 Å². The molecule has 0 fully saturated rings. The van der Waals surface area contributed by atoms with E-state index in [-0.39, 0.29) is 0 Å². The molecule has 13 heavy (non-hydrogen) atoms. The molecule has 1 unspecified atom stereocenters. The van der Waals surface area contributed by atoms with Crippen LogP contribution in [0.2, 0.25) is 0 Å². The van der Waals surface area contributed by atoms with Gasteiger partial charge < -0.3 is 25.2 Å². The summed E-state index contributed by atoms with van der Waals surface area (Å²) < 4.78 is 4.68. The van der Waals surface area contributed by atoms with Gasteiger partial charge in [-0.15, -0.1) is 0 Å². The maximum absolute atomic E-state index is 10.4. The lowest BCUT2D eigenvalue weighted by atomic mass is 10.0. The van der Waals surface area contributed by atoms with Crippen LogP contribution in [-0.2, 0) is 9.53 Å². The Kier molecular flexibility index (Phi) is 2.86. The fourth-order valence-electron chi connectivity index (χ4n) is 1.01. The fourth-order valence-corrected chi connectivity index (χ4v) is 1.01. The monoisotopic (exact) mass is 190 g/mol. The summed E-state index contributed by atoms with van der Waals surface area (Å²) in [5.41, 5.74) is 0. The molecule has 74 valence electrons.